The van der Waals surface area contributed by atoms with Gasteiger partial charge in [0.25, 0.3) is 0 Å². The minimum absolute atomic E-state index is 0.413. The Kier molecular flexibility index (Phi) is 8.68. The molecule has 0 radical (unpaired) electrons. The first-order valence-electron chi connectivity index (χ1n) is 7.53. The van der Waals surface area contributed by atoms with E-state index in [2.05, 4.69) is 10.6 Å². The lowest BCUT2D eigenvalue weighted by molar-refractivity contribution is 0.0700. The third-order valence-electron chi connectivity index (χ3n) is 3.07. The molecule has 0 bridgehead atoms. The largest absolute Gasteiger partial charge is 0.500 e. The highest BCUT2D eigenvalue weighted by atomic mass is 32.1. The van der Waals surface area contributed by atoms with Crippen LogP contribution in [0.1, 0.15) is 27.2 Å². The number of hydrogen-bond donors (Lipinski definition) is 3. The summed E-state index contributed by atoms with van der Waals surface area (Å²) in [5.74, 6) is 0. The number of rotatable bonds is 10. The van der Waals surface area contributed by atoms with Crippen molar-refractivity contribution in [3.05, 3.63) is 0 Å². The molecule has 0 aromatic heterocycles. The van der Waals surface area contributed by atoms with Crippen molar-refractivity contribution >= 4 is 43.5 Å². The first-order chi connectivity index (χ1) is 10.5. The van der Waals surface area contributed by atoms with Crippen molar-refractivity contribution in [3.63, 3.8) is 0 Å². The molecule has 10 heteroatoms. The van der Waals surface area contributed by atoms with Crippen LogP contribution < -0.4 is 16.4 Å². The van der Waals surface area contributed by atoms with E-state index in [1.54, 1.807) is 0 Å². The van der Waals surface area contributed by atoms with Crippen molar-refractivity contribution in [3.8, 4) is 0 Å². The molecule has 1 unspecified atom stereocenters. The van der Waals surface area contributed by atoms with Crippen LogP contribution in [0.2, 0.25) is 6.04 Å². The highest BCUT2D eigenvalue weighted by Gasteiger charge is 2.40. The molecule has 1 fully saturated rings. The van der Waals surface area contributed by atoms with E-state index in [9.17, 15) is 0 Å². The maximum atomic E-state index is 6.00. The van der Waals surface area contributed by atoms with Gasteiger partial charge in [0.2, 0.25) is 0 Å². The van der Waals surface area contributed by atoms with Gasteiger partial charge in [-0.05, 0) is 51.6 Å². The standard InChI is InChI=1S/C12H26N4O3S2Si/c1-4-17-22(18-5-2,19-6-3)9-7-8-16-10(13)14-11(20)15-12(16)21/h10H,4-9,13H2,1-3H3,(H2,14,15,20,21). The number of hydrogen-bond acceptors (Lipinski definition) is 6. The Morgan fingerprint density at radius 2 is 1.68 bits per heavy atom. The van der Waals surface area contributed by atoms with Crippen molar-refractivity contribution in [2.75, 3.05) is 26.4 Å². The Bertz CT molecular complexity index is 372. The van der Waals surface area contributed by atoms with Gasteiger partial charge < -0.3 is 28.8 Å². The average Bonchev–Trinajstić information content (AvgIpc) is 2.42. The second-order valence-electron chi connectivity index (χ2n) is 4.63. The van der Waals surface area contributed by atoms with Crippen LogP contribution in [0.5, 0.6) is 0 Å². The molecule has 0 amide bonds. The minimum Gasteiger partial charge on any atom is -0.374 e. The van der Waals surface area contributed by atoms with Gasteiger partial charge >= 0.3 is 8.80 Å². The van der Waals surface area contributed by atoms with Gasteiger partial charge in [0, 0.05) is 32.4 Å². The van der Waals surface area contributed by atoms with E-state index in [1.807, 2.05) is 25.7 Å². The molecule has 0 spiro atoms. The summed E-state index contributed by atoms with van der Waals surface area (Å²) in [4.78, 5) is 1.86. The Morgan fingerprint density at radius 1 is 1.14 bits per heavy atom. The van der Waals surface area contributed by atoms with Gasteiger partial charge in [-0.15, -0.1) is 0 Å². The van der Waals surface area contributed by atoms with E-state index >= 15 is 0 Å². The first kappa shape index (κ1) is 19.7. The van der Waals surface area contributed by atoms with Crippen LogP contribution in [-0.2, 0) is 13.3 Å². The van der Waals surface area contributed by atoms with E-state index in [-0.39, 0.29) is 0 Å². The molecule has 1 aliphatic heterocycles. The zero-order valence-electron chi connectivity index (χ0n) is 13.4. The fourth-order valence-corrected chi connectivity index (χ4v) is 5.43. The van der Waals surface area contributed by atoms with Crippen LogP contribution in [0.15, 0.2) is 0 Å². The van der Waals surface area contributed by atoms with Crippen molar-refractivity contribution in [1.29, 1.82) is 0 Å². The van der Waals surface area contributed by atoms with Crippen LogP contribution >= 0.6 is 24.4 Å². The zero-order chi connectivity index (χ0) is 16.6. The molecular formula is C12H26N4O3S2Si. The summed E-state index contributed by atoms with van der Waals surface area (Å²) in [5, 5.41) is 6.82. The maximum Gasteiger partial charge on any atom is 0.500 e. The highest BCUT2D eigenvalue weighted by Crippen LogP contribution is 2.19. The van der Waals surface area contributed by atoms with Gasteiger partial charge in [0.15, 0.2) is 16.5 Å². The number of nitrogens with one attached hydrogen (secondary N) is 2. The van der Waals surface area contributed by atoms with E-state index < -0.39 is 15.1 Å². The van der Waals surface area contributed by atoms with Crippen LogP contribution in [0.25, 0.3) is 0 Å². The lowest BCUT2D eigenvalue weighted by Gasteiger charge is -2.37. The third-order valence-corrected chi connectivity index (χ3v) is 6.78. The molecule has 1 rings (SSSR count). The van der Waals surface area contributed by atoms with E-state index in [0.29, 0.717) is 36.6 Å². The summed E-state index contributed by atoms with van der Waals surface area (Å²) in [6, 6.07) is 0.721. The molecule has 128 valence electrons. The fourth-order valence-electron chi connectivity index (χ4n) is 2.25. The number of nitrogens with two attached hydrogens (primary N) is 1. The molecule has 22 heavy (non-hydrogen) atoms. The molecule has 0 aromatic rings. The maximum absolute atomic E-state index is 6.00. The molecule has 1 aliphatic rings. The Balaban J connectivity index is 2.57. The lowest BCUT2D eigenvalue weighted by Crippen LogP contribution is -2.66. The quantitative estimate of drug-likeness (QED) is 0.383. The van der Waals surface area contributed by atoms with Crippen molar-refractivity contribution in [2.24, 2.45) is 5.73 Å². The molecular weight excluding hydrogens is 340 g/mol. The molecule has 0 saturated carbocycles. The van der Waals surface area contributed by atoms with Crippen molar-refractivity contribution in [1.82, 2.24) is 15.5 Å². The van der Waals surface area contributed by atoms with Gasteiger partial charge in [-0.3, -0.25) is 5.73 Å². The molecule has 0 aliphatic carbocycles. The van der Waals surface area contributed by atoms with Crippen LogP contribution in [0.4, 0.5) is 0 Å². The highest BCUT2D eigenvalue weighted by molar-refractivity contribution is 7.81. The predicted molar refractivity (Wildman–Crippen MR) is 96.2 cm³/mol. The lowest BCUT2D eigenvalue weighted by atomic mass is 10.4. The van der Waals surface area contributed by atoms with Crippen LogP contribution in [-0.4, -0.2) is 56.6 Å². The first-order valence-corrected chi connectivity index (χ1v) is 10.3. The molecule has 7 nitrogen and oxygen atoms in total. The number of thiocarbonyl (C=S) groups is 2. The molecule has 1 heterocycles. The monoisotopic (exact) mass is 366 g/mol. The van der Waals surface area contributed by atoms with Gasteiger partial charge in [-0.2, -0.15) is 0 Å². The zero-order valence-corrected chi connectivity index (χ0v) is 16.0. The van der Waals surface area contributed by atoms with Crippen LogP contribution in [0.3, 0.4) is 0 Å². The Morgan fingerprint density at radius 3 is 2.14 bits per heavy atom. The fraction of sp³-hybridized carbons (Fsp3) is 0.833. The van der Waals surface area contributed by atoms with Crippen molar-refractivity contribution < 1.29 is 13.3 Å². The van der Waals surface area contributed by atoms with Crippen LogP contribution in [0, 0.1) is 0 Å². The van der Waals surface area contributed by atoms with Gasteiger partial charge in [0.05, 0.1) is 0 Å². The summed E-state index contributed by atoms with van der Waals surface area (Å²) >= 11 is 10.3. The van der Waals surface area contributed by atoms with E-state index in [1.165, 1.54) is 0 Å². The van der Waals surface area contributed by atoms with Crippen molar-refractivity contribution in [2.45, 2.75) is 39.5 Å². The average molecular weight is 367 g/mol. The Hall–Kier alpha value is -0.363. The van der Waals surface area contributed by atoms with Gasteiger partial charge in [0.1, 0.15) is 0 Å². The normalized spacial score (nSPS) is 19.1. The summed E-state index contributed by atoms with van der Waals surface area (Å²) < 4.78 is 17.5. The number of nitrogens with zero attached hydrogens (tertiary/aromatic N) is 1. The molecule has 0 aromatic carbocycles. The molecule has 4 N–H and O–H groups in total. The van der Waals surface area contributed by atoms with E-state index in [4.69, 9.17) is 43.4 Å². The second kappa shape index (κ2) is 9.70. The summed E-state index contributed by atoms with van der Waals surface area (Å²) in [7, 11) is -2.61. The van der Waals surface area contributed by atoms with Gasteiger partial charge in [-0.25, -0.2) is 0 Å². The predicted octanol–water partition coefficient (Wildman–Crippen LogP) is 0.732. The van der Waals surface area contributed by atoms with E-state index in [0.717, 1.165) is 12.5 Å². The van der Waals surface area contributed by atoms with Gasteiger partial charge in [-0.1, -0.05) is 0 Å². The molecule has 1 atom stereocenters. The Labute approximate surface area is 144 Å². The third kappa shape index (κ3) is 5.69. The second-order valence-corrected chi connectivity index (χ2v) is 8.15. The topological polar surface area (TPSA) is 81.0 Å². The minimum atomic E-state index is -2.61. The SMILES string of the molecule is CCO[Si](CCCN1C(=S)NC(=S)NC1N)(OCC)OCC. The summed E-state index contributed by atoms with van der Waals surface area (Å²) in [5.41, 5.74) is 6.00. The summed E-state index contributed by atoms with van der Waals surface area (Å²) in [6.07, 6.45) is 0.388. The molecule has 1 saturated heterocycles. The summed E-state index contributed by atoms with van der Waals surface area (Å²) in [6.45, 7) is 8.24. The smallest absolute Gasteiger partial charge is 0.374 e.